The molecular formula is C40H27N3S2. The Morgan fingerprint density at radius 1 is 0.667 bits per heavy atom. The van der Waals surface area contributed by atoms with Gasteiger partial charge in [0.1, 0.15) is 17.7 Å². The Labute approximate surface area is 269 Å². The molecule has 5 heteroatoms. The molecule has 0 spiro atoms. The Morgan fingerprint density at radius 3 is 2.02 bits per heavy atom. The number of nitriles is 2. The third-order valence-electron chi connectivity index (χ3n) is 8.67. The van der Waals surface area contributed by atoms with E-state index in [1.54, 1.807) is 28.7 Å². The molecule has 0 radical (unpaired) electrons. The van der Waals surface area contributed by atoms with Crippen LogP contribution < -0.4 is 4.90 Å². The van der Waals surface area contributed by atoms with Gasteiger partial charge in [-0.1, -0.05) is 87.5 Å². The van der Waals surface area contributed by atoms with Crippen molar-refractivity contribution < 1.29 is 0 Å². The van der Waals surface area contributed by atoms with Crippen LogP contribution in [0, 0.1) is 22.7 Å². The molecule has 0 fully saturated rings. The van der Waals surface area contributed by atoms with E-state index in [4.69, 9.17) is 0 Å². The van der Waals surface area contributed by atoms with Crippen LogP contribution in [0.2, 0.25) is 0 Å². The van der Waals surface area contributed by atoms with Crippen molar-refractivity contribution in [2.45, 2.75) is 26.2 Å². The van der Waals surface area contributed by atoms with E-state index >= 15 is 0 Å². The lowest BCUT2D eigenvalue weighted by Gasteiger charge is -2.28. The molecule has 0 aliphatic carbocycles. The third kappa shape index (κ3) is 4.44. The first-order valence-electron chi connectivity index (χ1n) is 14.9. The standard InChI is InChI=1S/C40H27N3S2/c1-40(2,3)28-11-13-29(14-12-28)43(34-18-10-27-8-7-25-5-4-6-26-9-16-32(34)38(27)37(25)26)30-15-17-33-35(20-30)45-36-21-31(44-39(33)36)19-24(22-41)23-42/h4-21H,1-3H3. The van der Waals surface area contributed by atoms with Crippen LogP contribution in [-0.4, -0.2) is 0 Å². The van der Waals surface area contributed by atoms with Crippen molar-refractivity contribution in [3.63, 3.8) is 0 Å². The zero-order chi connectivity index (χ0) is 30.9. The van der Waals surface area contributed by atoms with E-state index in [2.05, 4.69) is 129 Å². The van der Waals surface area contributed by atoms with Crippen LogP contribution in [0.25, 0.3) is 57.9 Å². The molecule has 0 aliphatic heterocycles. The second-order valence-electron chi connectivity index (χ2n) is 12.5. The van der Waals surface area contributed by atoms with Gasteiger partial charge >= 0.3 is 0 Å². The SMILES string of the molecule is CC(C)(C)c1ccc(N(c2ccc3c(c2)sc2cc(C=C(C#N)C#N)sc23)c2ccc3ccc4cccc5ccc2c3c45)cc1. The third-order valence-corrected chi connectivity index (χ3v) is 11.0. The van der Waals surface area contributed by atoms with Crippen molar-refractivity contribution in [1.29, 1.82) is 10.5 Å². The molecule has 0 amide bonds. The lowest BCUT2D eigenvalue weighted by Crippen LogP contribution is -2.13. The largest absolute Gasteiger partial charge is 0.310 e. The lowest BCUT2D eigenvalue weighted by molar-refractivity contribution is 0.590. The van der Waals surface area contributed by atoms with Crippen LogP contribution in [0.5, 0.6) is 0 Å². The summed E-state index contributed by atoms with van der Waals surface area (Å²) in [4.78, 5) is 3.32. The summed E-state index contributed by atoms with van der Waals surface area (Å²) in [5.74, 6) is 0. The molecule has 0 N–H and O–H groups in total. The molecule has 8 aromatic rings. The minimum atomic E-state index is 0.0628. The Balaban J connectivity index is 1.34. The van der Waals surface area contributed by atoms with Crippen molar-refractivity contribution in [2.24, 2.45) is 0 Å². The van der Waals surface area contributed by atoms with Crippen molar-refractivity contribution in [3.05, 3.63) is 119 Å². The first kappa shape index (κ1) is 27.4. The smallest absolute Gasteiger partial charge is 0.131 e. The van der Waals surface area contributed by atoms with Gasteiger partial charge in [-0.3, -0.25) is 0 Å². The summed E-state index contributed by atoms with van der Waals surface area (Å²) in [7, 11) is 0. The summed E-state index contributed by atoms with van der Waals surface area (Å²) < 4.78 is 3.56. The Hall–Kier alpha value is -5.20. The van der Waals surface area contributed by atoms with Gasteiger partial charge in [0.05, 0.1) is 10.4 Å². The normalized spacial score (nSPS) is 11.8. The predicted molar refractivity (Wildman–Crippen MR) is 193 cm³/mol. The molecule has 0 saturated heterocycles. The molecule has 2 heterocycles. The van der Waals surface area contributed by atoms with E-state index in [0.717, 1.165) is 26.6 Å². The molecule has 0 saturated carbocycles. The van der Waals surface area contributed by atoms with E-state index in [-0.39, 0.29) is 11.0 Å². The monoisotopic (exact) mass is 613 g/mol. The fraction of sp³-hybridized carbons (Fsp3) is 0.100. The summed E-state index contributed by atoms with van der Waals surface area (Å²) >= 11 is 3.38. The zero-order valence-corrected chi connectivity index (χ0v) is 26.7. The van der Waals surface area contributed by atoms with Gasteiger partial charge in [-0.25, -0.2) is 0 Å². The summed E-state index contributed by atoms with van der Waals surface area (Å²) in [5.41, 5.74) is 4.85. The van der Waals surface area contributed by atoms with Crippen LogP contribution >= 0.6 is 22.7 Å². The summed E-state index contributed by atoms with van der Waals surface area (Å²) in [6.45, 7) is 6.75. The highest BCUT2D eigenvalue weighted by atomic mass is 32.1. The molecule has 0 unspecified atom stereocenters. The fourth-order valence-corrected chi connectivity index (χ4v) is 8.96. The number of rotatable bonds is 4. The maximum atomic E-state index is 9.22. The number of benzene rings is 6. The highest BCUT2D eigenvalue weighted by Gasteiger charge is 2.21. The van der Waals surface area contributed by atoms with Gasteiger partial charge < -0.3 is 4.90 Å². The molecule has 0 aliphatic rings. The van der Waals surface area contributed by atoms with Crippen LogP contribution in [0.3, 0.4) is 0 Å². The van der Waals surface area contributed by atoms with Gasteiger partial charge in [0.15, 0.2) is 0 Å². The van der Waals surface area contributed by atoms with Gasteiger partial charge in [0.2, 0.25) is 0 Å². The van der Waals surface area contributed by atoms with Gasteiger partial charge in [-0.2, -0.15) is 10.5 Å². The average Bonchev–Trinajstić information content (AvgIpc) is 3.60. The highest BCUT2D eigenvalue weighted by Crippen LogP contribution is 2.47. The Kier molecular flexibility index (Phi) is 6.19. The second kappa shape index (κ2) is 10.2. The molecule has 6 aromatic carbocycles. The van der Waals surface area contributed by atoms with Crippen LogP contribution in [-0.2, 0) is 5.41 Å². The van der Waals surface area contributed by atoms with Gasteiger partial charge in [-0.05, 0) is 80.4 Å². The number of thiophene rings is 2. The van der Waals surface area contributed by atoms with E-state index in [0.29, 0.717) is 0 Å². The van der Waals surface area contributed by atoms with Gasteiger partial charge in [0, 0.05) is 36.4 Å². The highest BCUT2D eigenvalue weighted by molar-refractivity contribution is 7.33. The van der Waals surface area contributed by atoms with Crippen molar-refractivity contribution >= 4 is 97.6 Å². The topological polar surface area (TPSA) is 50.8 Å². The minimum Gasteiger partial charge on any atom is -0.310 e. The Bertz CT molecular complexity index is 2510. The van der Waals surface area contributed by atoms with E-state index in [1.165, 1.54) is 52.7 Å². The first-order chi connectivity index (χ1) is 21.8. The number of anilines is 3. The van der Waals surface area contributed by atoms with Gasteiger partial charge in [-0.15, -0.1) is 22.7 Å². The molecular weight excluding hydrogens is 587 g/mol. The molecule has 45 heavy (non-hydrogen) atoms. The number of nitrogens with zero attached hydrogens (tertiary/aromatic N) is 3. The van der Waals surface area contributed by atoms with Crippen LogP contribution in [0.4, 0.5) is 17.1 Å². The lowest BCUT2D eigenvalue weighted by atomic mass is 9.87. The maximum absolute atomic E-state index is 9.22. The maximum Gasteiger partial charge on any atom is 0.131 e. The van der Waals surface area contributed by atoms with Crippen molar-refractivity contribution in [1.82, 2.24) is 0 Å². The first-order valence-corrected chi connectivity index (χ1v) is 16.5. The second-order valence-corrected chi connectivity index (χ2v) is 14.6. The fourth-order valence-electron chi connectivity index (χ4n) is 6.45. The molecule has 2 aromatic heterocycles. The van der Waals surface area contributed by atoms with Crippen molar-refractivity contribution in [3.8, 4) is 12.1 Å². The number of hydrogen-bond acceptors (Lipinski definition) is 5. The predicted octanol–water partition coefficient (Wildman–Crippen LogP) is 12.2. The van der Waals surface area contributed by atoms with E-state index < -0.39 is 0 Å². The van der Waals surface area contributed by atoms with Gasteiger partial charge in [0.25, 0.3) is 0 Å². The van der Waals surface area contributed by atoms with E-state index in [9.17, 15) is 10.5 Å². The van der Waals surface area contributed by atoms with Crippen molar-refractivity contribution in [2.75, 3.05) is 4.90 Å². The molecule has 0 bridgehead atoms. The zero-order valence-electron chi connectivity index (χ0n) is 25.1. The Morgan fingerprint density at radius 2 is 1.31 bits per heavy atom. The number of allylic oxidation sites excluding steroid dienone is 1. The summed E-state index contributed by atoms with van der Waals surface area (Å²) in [5, 5.41) is 27.2. The summed E-state index contributed by atoms with van der Waals surface area (Å²) in [6.07, 6.45) is 1.68. The molecule has 8 rings (SSSR count). The minimum absolute atomic E-state index is 0.0628. The molecule has 0 atom stereocenters. The average molecular weight is 614 g/mol. The van der Waals surface area contributed by atoms with Crippen LogP contribution in [0.1, 0.15) is 31.2 Å². The van der Waals surface area contributed by atoms with Crippen LogP contribution in [0.15, 0.2) is 109 Å². The quantitative estimate of drug-likeness (QED) is 0.147. The van der Waals surface area contributed by atoms with E-state index in [1.807, 2.05) is 12.1 Å². The molecule has 3 nitrogen and oxygen atoms in total. The number of fused-ring (bicyclic) bond motifs is 3. The molecule has 214 valence electrons. The number of hydrogen-bond donors (Lipinski definition) is 0. The summed E-state index contributed by atoms with van der Waals surface area (Å²) in [6, 6.07) is 41.8.